The largest absolute Gasteiger partial charge is 0.383 e. The summed E-state index contributed by atoms with van der Waals surface area (Å²) >= 11 is 5.72. The van der Waals surface area contributed by atoms with Gasteiger partial charge < -0.3 is 10.1 Å². The van der Waals surface area contributed by atoms with Crippen LogP contribution in [0.3, 0.4) is 0 Å². The van der Waals surface area contributed by atoms with E-state index in [-0.39, 0.29) is 5.38 Å². The molecule has 0 aliphatic rings. The molecule has 0 amide bonds. The van der Waals surface area contributed by atoms with Gasteiger partial charge in [-0.1, -0.05) is 0 Å². The molecule has 0 aliphatic carbocycles. The van der Waals surface area contributed by atoms with Crippen molar-refractivity contribution in [3.05, 3.63) is 0 Å². The van der Waals surface area contributed by atoms with Crippen molar-refractivity contribution in [2.24, 2.45) is 0 Å². The van der Waals surface area contributed by atoms with Gasteiger partial charge >= 0.3 is 0 Å². The molecule has 0 aromatic carbocycles. The van der Waals surface area contributed by atoms with Gasteiger partial charge in [0.1, 0.15) is 0 Å². The molecule has 0 aromatic rings. The van der Waals surface area contributed by atoms with Gasteiger partial charge in [-0.25, -0.2) is 0 Å². The van der Waals surface area contributed by atoms with E-state index in [0.29, 0.717) is 0 Å². The maximum atomic E-state index is 5.72. The second-order valence-electron chi connectivity index (χ2n) is 2.31. The zero-order valence-corrected chi connectivity index (χ0v) is 7.45. The number of hydrogen-bond acceptors (Lipinski definition) is 2. The van der Waals surface area contributed by atoms with Gasteiger partial charge in [0.2, 0.25) is 0 Å². The van der Waals surface area contributed by atoms with Gasteiger partial charge in [0.05, 0.1) is 6.61 Å². The van der Waals surface area contributed by atoms with Crippen molar-refractivity contribution < 1.29 is 4.74 Å². The summed E-state index contributed by atoms with van der Waals surface area (Å²) in [5.74, 6) is 0. The van der Waals surface area contributed by atoms with E-state index in [0.717, 1.165) is 26.1 Å². The molecule has 0 aromatic heterocycles. The van der Waals surface area contributed by atoms with Gasteiger partial charge in [0.25, 0.3) is 0 Å². The lowest BCUT2D eigenvalue weighted by molar-refractivity contribution is 0.199. The predicted octanol–water partition coefficient (Wildman–Crippen LogP) is 1.24. The van der Waals surface area contributed by atoms with E-state index in [1.54, 1.807) is 7.11 Å². The first-order valence-electron chi connectivity index (χ1n) is 3.61. The van der Waals surface area contributed by atoms with Gasteiger partial charge in [-0.2, -0.15) is 0 Å². The molecule has 0 radical (unpaired) electrons. The number of hydrogen-bond donors (Lipinski definition) is 1. The highest BCUT2D eigenvalue weighted by Crippen LogP contribution is 1.96. The lowest BCUT2D eigenvalue weighted by Gasteiger charge is -2.04. The van der Waals surface area contributed by atoms with Crippen LogP contribution in [0.15, 0.2) is 0 Å². The fourth-order valence-corrected chi connectivity index (χ4v) is 0.709. The quantitative estimate of drug-likeness (QED) is 0.473. The smallest absolute Gasteiger partial charge is 0.0587 e. The number of ether oxygens (including phenoxy) is 1. The lowest BCUT2D eigenvalue weighted by Crippen LogP contribution is -2.21. The fourth-order valence-electron chi connectivity index (χ4n) is 0.600. The van der Waals surface area contributed by atoms with Crippen LogP contribution in [0.4, 0.5) is 0 Å². The van der Waals surface area contributed by atoms with E-state index in [2.05, 4.69) is 5.32 Å². The van der Waals surface area contributed by atoms with Crippen LogP contribution in [0, 0.1) is 0 Å². The molecule has 0 spiro atoms. The molecular weight excluding hydrogens is 150 g/mol. The average molecular weight is 166 g/mol. The summed E-state index contributed by atoms with van der Waals surface area (Å²) in [4.78, 5) is 0. The van der Waals surface area contributed by atoms with Crippen LogP contribution in [0.1, 0.15) is 13.3 Å². The minimum Gasteiger partial charge on any atom is -0.383 e. The van der Waals surface area contributed by atoms with Gasteiger partial charge in [-0.05, 0) is 19.9 Å². The van der Waals surface area contributed by atoms with E-state index < -0.39 is 0 Å². The second-order valence-corrected chi connectivity index (χ2v) is 3.06. The van der Waals surface area contributed by atoms with Crippen molar-refractivity contribution in [2.45, 2.75) is 18.7 Å². The average Bonchev–Trinajstić information content (AvgIpc) is 1.87. The van der Waals surface area contributed by atoms with Crippen molar-refractivity contribution in [1.29, 1.82) is 0 Å². The van der Waals surface area contributed by atoms with Crippen molar-refractivity contribution in [1.82, 2.24) is 5.32 Å². The third-order valence-corrected chi connectivity index (χ3v) is 1.42. The number of methoxy groups -OCH3 is 1. The Kier molecular flexibility index (Phi) is 7.47. The van der Waals surface area contributed by atoms with E-state index >= 15 is 0 Å². The van der Waals surface area contributed by atoms with Crippen LogP contribution >= 0.6 is 11.6 Å². The highest BCUT2D eigenvalue weighted by atomic mass is 35.5. The standard InChI is InChI=1S/C7H16ClNO/c1-7(8)3-4-9-5-6-10-2/h7,9H,3-6H2,1-2H3. The fraction of sp³-hybridized carbons (Fsp3) is 1.00. The summed E-state index contributed by atoms with van der Waals surface area (Å²) in [5.41, 5.74) is 0. The summed E-state index contributed by atoms with van der Waals surface area (Å²) in [6.45, 7) is 4.67. The Morgan fingerprint density at radius 1 is 1.50 bits per heavy atom. The molecule has 0 saturated heterocycles. The van der Waals surface area contributed by atoms with Crippen LogP contribution in [0.5, 0.6) is 0 Å². The molecule has 0 aliphatic heterocycles. The molecule has 0 bridgehead atoms. The monoisotopic (exact) mass is 165 g/mol. The van der Waals surface area contributed by atoms with E-state index in [4.69, 9.17) is 16.3 Å². The normalized spacial score (nSPS) is 13.5. The highest BCUT2D eigenvalue weighted by molar-refractivity contribution is 6.20. The van der Waals surface area contributed by atoms with E-state index in [1.165, 1.54) is 0 Å². The van der Waals surface area contributed by atoms with E-state index in [1.807, 2.05) is 6.92 Å². The predicted molar refractivity (Wildman–Crippen MR) is 44.7 cm³/mol. The SMILES string of the molecule is COCCNCCC(C)Cl. The number of halogens is 1. The molecule has 62 valence electrons. The molecule has 0 saturated carbocycles. The first-order valence-corrected chi connectivity index (χ1v) is 4.04. The maximum absolute atomic E-state index is 5.72. The Labute approximate surface area is 67.9 Å². The Balaban J connectivity index is 2.77. The van der Waals surface area contributed by atoms with E-state index in [9.17, 15) is 0 Å². The van der Waals surface area contributed by atoms with Gasteiger partial charge in [0, 0.05) is 19.0 Å². The molecule has 1 N–H and O–H groups in total. The number of nitrogens with one attached hydrogen (secondary N) is 1. The third kappa shape index (κ3) is 8.21. The van der Waals surface area contributed by atoms with Crippen LogP contribution in [-0.2, 0) is 4.74 Å². The molecule has 3 heteroatoms. The van der Waals surface area contributed by atoms with Crippen molar-refractivity contribution in [2.75, 3.05) is 26.8 Å². The van der Waals surface area contributed by atoms with Crippen molar-refractivity contribution >= 4 is 11.6 Å². The zero-order valence-electron chi connectivity index (χ0n) is 6.69. The minimum atomic E-state index is 0.273. The highest BCUT2D eigenvalue weighted by Gasteiger charge is 1.93. The lowest BCUT2D eigenvalue weighted by atomic mass is 10.3. The van der Waals surface area contributed by atoms with Crippen molar-refractivity contribution in [3.8, 4) is 0 Å². The molecule has 0 rings (SSSR count). The Bertz CT molecular complexity index is 68.6. The maximum Gasteiger partial charge on any atom is 0.0587 e. The minimum absolute atomic E-state index is 0.273. The van der Waals surface area contributed by atoms with Gasteiger partial charge in [-0.3, -0.25) is 0 Å². The summed E-state index contributed by atoms with van der Waals surface area (Å²) in [6, 6.07) is 0. The van der Waals surface area contributed by atoms with Crippen LogP contribution in [0.25, 0.3) is 0 Å². The first kappa shape index (κ1) is 10.2. The third-order valence-electron chi connectivity index (χ3n) is 1.20. The van der Waals surface area contributed by atoms with Crippen LogP contribution in [-0.4, -0.2) is 32.2 Å². The molecule has 0 heterocycles. The van der Waals surface area contributed by atoms with Crippen LogP contribution in [0.2, 0.25) is 0 Å². The Morgan fingerprint density at radius 2 is 2.20 bits per heavy atom. The zero-order chi connectivity index (χ0) is 7.82. The number of rotatable bonds is 6. The molecule has 0 fully saturated rings. The number of alkyl halides is 1. The molecule has 1 unspecified atom stereocenters. The van der Waals surface area contributed by atoms with Gasteiger partial charge in [-0.15, -0.1) is 11.6 Å². The first-order chi connectivity index (χ1) is 4.77. The molecule has 1 atom stereocenters. The topological polar surface area (TPSA) is 21.3 Å². The summed E-state index contributed by atoms with van der Waals surface area (Å²) in [7, 11) is 1.70. The summed E-state index contributed by atoms with van der Waals surface area (Å²) in [5, 5.41) is 3.48. The van der Waals surface area contributed by atoms with Crippen molar-refractivity contribution in [3.63, 3.8) is 0 Å². The molecule has 2 nitrogen and oxygen atoms in total. The molecule has 10 heavy (non-hydrogen) atoms. The molecular formula is C7H16ClNO. The Hall–Kier alpha value is 0.210. The second kappa shape index (κ2) is 7.32. The summed E-state index contributed by atoms with van der Waals surface area (Å²) < 4.78 is 4.85. The summed E-state index contributed by atoms with van der Waals surface area (Å²) in [6.07, 6.45) is 1.02. The van der Waals surface area contributed by atoms with Crippen LogP contribution < -0.4 is 5.32 Å². The van der Waals surface area contributed by atoms with Gasteiger partial charge in [0.15, 0.2) is 0 Å². The Morgan fingerprint density at radius 3 is 2.70 bits per heavy atom.